The minimum absolute atomic E-state index is 0.170. The summed E-state index contributed by atoms with van der Waals surface area (Å²) in [6, 6.07) is 4.91. The molecule has 2 N–H and O–H groups in total. The largest absolute Gasteiger partial charge is 0.464 e. The predicted octanol–water partition coefficient (Wildman–Crippen LogP) is 6.92. The Balaban J connectivity index is 1.32. The Labute approximate surface area is 334 Å². The van der Waals surface area contributed by atoms with Crippen molar-refractivity contribution in [1.82, 2.24) is 30.2 Å². The molecular formula is C43H57N7O5S. The van der Waals surface area contributed by atoms with Gasteiger partial charge in [0.2, 0.25) is 0 Å². The van der Waals surface area contributed by atoms with Gasteiger partial charge in [0.05, 0.1) is 34.8 Å². The maximum Gasteiger partial charge on any atom is 0.324 e. The summed E-state index contributed by atoms with van der Waals surface area (Å²) in [5.74, 6) is -0.139. The zero-order chi connectivity index (χ0) is 39.7. The van der Waals surface area contributed by atoms with Crippen molar-refractivity contribution < 1.29 is 23.9 Å². The molecule has 3 aromatic rings. The number of hydrogen-bond acceptors (Lipinski definition) is 9. The van der Waals surface area contributed by atoms with Crippen LogP contribution in [0.15, 0.2) is 46.9 Å². The number of fused-ring (bicyclic) bond motifs is 7. The number of urea groups is 1. The number of aliphatic imine (C=N–C) groups is 1. The number of hydrogen-bond donors (Lipinski definition) is 2. The van der Waals surface area contributed by atoms with Crippen LogP contribution in [0.1, 0.15) is 89.4 Å². The first-order valence-electron chi connectivity index (χ1n) is 20.3. The number of carbonyl (C=O) groups excluding carboxylic acids is 3. The lowest BCUT2D eigenvalue weighted by Gasteiger charge is -2.51. The highest BCUT2D eigenvalue weighted by Gasteiger charge is 2.44. The van der Waals surface area contributed by atoms with Crippen LogP contribution >= 0.6 is 11.3 Å². The van der Waals surface area contributed by atoms with Gasteiger partial charge >= 0.3 is 12.0 Å². The van der Waals surface area contributed by atoms with Crippen molar-refractivity contribution in [2.45, 2.75) is 117 Å². The number of amides is 3. The molecule has 3 aliphatic heterocycles. The number of thiazole rings is 1. The van der Waals surface area contributed by atoms with Gasteiger partial charge in [0.15, 0.2) is 0 Å². The Hall–Kier alpha value is -4.33. The van der Waals surface area contributed by atoms with Crippen LogP contribution in [0.2, 0.25) is 0 Å². The van der Waals surface area contributed by atoms with Crippen LogP contribution in [-0.2, 0) is 38.4 Å². The van der Waals surface area contributed by atoms with Crippen LogP contribution in [0, 0.1) is 11.3 Å². The van der Waals surface area contributed by atoms with Gasteiger partial charge in [0, 0.05) is 78.3 Å². The third-order valence-corrected chi connectivity index (χ3v) is 12.9. The monoisotopic (exact) mass is 783 g/mol. The number of hydrazine groups is 1. The highest BCUT2D eigenvalue weighted by molar-refractivity contribution is 7.10. The molecule has 56 heavy (non-hydrogen) atoms. The first-order chi connectivity index (χ1) is 27.0. The van der Waals surface area contributed by atoms with Crippen molar-refractivity contribution in [2.24, 2.45) is 16.3 Å². The fourth-order valence-electron chi connectivity index (χ4n) is 9.00. The first-order valence-corrected chi connectivity index (χ1v) is 21.1. The zero-order valence-corrected chi connectivity index (χ0v) is 34.5. The van der Waals surface area contributed by atoms with E-state index in [0.717, 1.165) is 75.5 Å². The Kier molecular flexibility index (Phi) is 11.9. The van der Waals surface area contributed by atoms with E-state index in [2.05, 4.69) is 60.9 Å². The Morgan fingerprint density at radius 1 is 1.23 bits per heavy atom. The summed E-state index contributed by atoms with van der Waals surface area (Å²) in [4.78, 5) is 53.5. The van der Waals surface area contributed by atoms with Gasteiger partial charge in [-0.3, -0.25) is 19.6 Å². The van der Waals surface area contributed by atoms with Crippen LogP contribution < -0.4 is 10.7 Å². The van der Waals surface area contributed by atoms with Gasteiger partial charge in [-0.05, 0) is 76.5 Å². The number of methoxy groups -OCH3 is 1. The molecule has 4 aliphatic rings. The van der Waals surface area contributed by atoms with Crippen LogP contribution in [-0.4, -0.2) is 94.6 Å². The van der Waals surface area contributed by atoms with E-state index in [1.807, 2.05) is 30.2 Å². The molecule has 12 nitrogen and oxygen atoms in total. The lowest BCUT2D eigenvalue weighted by Crippen LogP contribution is -2.65. The Morgan fingerprint density at radius 2 is 2.04 bits per heavy atom. The topological polar surface area (TPSA) is 130 Å². The number of cyclic esters (lactones) is 1. The van der Waals surface area contributed by atoms with Gasteiger partial charge in [-0.1, -0.05) is 45.4 Å². The summed E-state index contributed by atoms with van der Waals surface area (Å²) >= 11 is 1.48. The van der Waals surface area contributed by atoms with Gasteiger partial charge in [0.25, 0.3) is 5.91 Å². The number of allylic oxidation sites excluding steroid dienone is 2. The van der Waals surface area contributed by atoms with Crippen molar-refractivity contribution in [3.05, 3.63) is 58.2 Å². The number of rotatable bonds is 7. The molecule has 0 radical (unpaired) electrons. The summed E-state index contributed by atoms with van der Waals surface area (Å²) < 4.78 is 14.2. The molecule has 2 saturated heterocycles. The van der Waals surface area contributed by atoms with Crippen LogP contribution in [0.25, 0.3) is 27.7 Å². The van der Waals surface area contributed by atoms with Crippen molar-refractivity contribution in [2.75, 3.05) is 26.8 Å². The number of ether oxygens (including phenoxy) is 2. The number of benzene rings is 1. The van der Waals surface area contributed by atoms with Crippen molar-refractivity contribution in [3.63, 3.8) is 0 Å². The molecule has 1 aliphatic carbocycles. The smallest absolute Gasteiger partial charge is 0.324 e. The fourth-order valence-corrected chi connectivity index (χ4v) is 9.85. The average molecular weight is 784 g/mol. The number of nitrogens with zero attached hydrogens (tertiary/aromatic N) is 5. The minimum atomic E-state index is -0.863. The molecule has 3 fully saturated rings. The second-order valence-electron chi connectivity index (χ2n) is 16.4. The second-order valence-corrected chi connectivity index (χ2v) is 17.4. The Bertz CT molecular complexity index is 2050. The van der Waals surface area contributed by atoms with Gasteiger partial charge in [0.1, 0.15) is 12.1 Å². The third-order valence-electron chi connectivity index (χ3n) is 12.0. The van der Waals surface area contributed by atoms with E-state index in [4.69, 9.17) is 19.5 Å². The molecule has 2 aromatic heterocycles. The summed E-state index contributed by atoms with van der Waals surface area (Å²) in [6.07, 6.45) is 9.83. The molecule has 0 spiro atoms. The number of aromatic nitrogens is 2. The van der Waals surface area contributed by atoms with E-state index in [9.17, 15) is 14.4 Å². The number of esters is 1. The number of likely N-dealkylation sites (tertiary alicyclic amines) is 1. The zero-order valence-electron chi connectivity index (χ0n) is 33.7. The fraction of sp³-hybridized carbons (Fsp3) is 0.558. The van der Waals surface area contributed by atoms with Gasteiger partial charge in [-0.25, -0.2) is 15.2 Å². The van der Waals surface area contributed by atoms with E-state index in [1.54, 1.807) is 13.3 Å². The van der Waals surface area contributed by atoms with Gasteiger partial charge in [-0.15, -0.1) is 11.3 Å². The predicted molar refractivity (Wildman–Crippen MR) is 221 cm³/mol. The molecule has 0 unspecified atom stereocenters. The molecule has 1 saturated carbocycles. The summed E-state index contributed by atoms with van der Waals surface area (Å²) in [5.41, 5.74) is 9.30. The highest BCUT2D eigenvalue weighted by atomic mass is 32.1. The molecule has 7 rings (SSSR count). The number of nitrogens with one attached hydrogen (secondary N) is 2. The molecule has 5 heterocycles. The quantitative estimate of drug-likeness (QED) is 0.151. The lowest BCUT2D eigenvalue weighted by molar-refractivity contribution is -0.155. The SMILES string of the molecule is C=C/C(=C(\N=C/C)[C@H](C)OC)c1c2c3cc(ccc3n1CC)-c1csc(n1)C[C@H](NC(=O)N1C[C@H]3CCCC[C@H]31)C(=O)N1CCC[C@H](N1)C(=O)OCC(C)(C)C2. The molecule has 6 bridgehead atoms. The minimum Gasteiger partial charge on any atom is -0.464 e. The highest BCUT2D eigenvalue weighted by Crippen LogP contribution is 2.41. The van der Waals surface area contributed by atoms with Crippen molar-refractivity contribution in [1.29, 1.82) is 0 Å². The molecule has 1 aromatic carbocycles. The average Bonchev–Trinajstić information content (AvgIpc) is 3.78. The van der Waals surface area contributed by atoms with Crippen LogP contribution in [0.5, 0.6) is 0 Å². The van der Waals surface area contributed by atoms with E-state index in [-0.39, 0.29) is 37.1 Å². The number of carbonyl (C=O) groups is 3. The Morgan fingerprint density at radius 3 is 2.77 bits per heavy atom. The molecule has 13 heteroatoms. The second kappa shape index (κ2) is 16.6. The molecule has 3 amide bonds. The normalized spacial score (nSPS) is 25.2. The van der Waals surface area contributed by atoms with E-state index in [1.165, 1.54) is 22.8 Å². The van der Waals surface area contributed by atoms with Crippen molar-refractivity contribution >= 4 is 51.9 Å². The summed E-state index contributed by atoms with van der Waals surface area (Å²) in [6.45, 7) is 16.5. The van der Waals surface area contributed by atoms with E-state index >= 15 is 0 Å². The van der Waals surface area contributed by atoms with Gasteiger partial charge in [-0.2, -0.15) is 0 Å². The number of aryl methyl sites for hydroxylation is 1. The maximum absolute atomic E-state index is 14.3. The summed E-state index contributed by atoms with van der Waals surface area (Å²) in [5, 5.41) is 8.45. The van der Waals surface area contributed by atoms with E-state index in [0.29, 0.717) is 38.3 Å². The van der Waals surface area contributed by atoms with Crippen LogP contribution in [0.3, 0.4) is 0 Å². The molecule has 5 atom stereocenters. The first kappa shape index (κ1) is 39.9. The maximum atomic E-state index is 14.3. The molecular weight excluding hydrogens is 727 g/mol. The van der Waals surface area contributed by atoms with E-state index < -0.39 is 23.5 Å². The summed E-state index contributed by atoms with van der Waals surface area (Å²) in [7, 11) is 1.68. The third kappa shape index (κ3) is 7.82. The van der Waals surface area contributed by atoms with Crippen LogP contribution in [0.4, 0.5) is 4.79 Å². The lowest BCUT2D eigenvalue weighted by atomic mass is 9.77. The van der Waals surface area contributed by atoms with Crippen molar-refractivity contribution in [3.8, 4) is 11.3 Å². The standard InChI is InChI=1S/C43H57N7O5S/c1-8-29(38(44-9-2)26(4)54-7)39-31-22-43(5,6)25-55-41(52)32-15-13-19-50(47-32)40(51)33(46-42(53)49-23-28-14-11-12-16-35(28)49)21-37-45-34(24-56-37)27-17-18-36(30(31)20-27)48(39)10-3/h8-9,17-18,20,24,26,28,32-33,35,47H,1,10-16,19,21-23,25H2,2-7H3,(H,46,53)/b38-29+,44-9-/t26-,28+,32-,33-,35+/m0/s1. The van der Waals surface area contributed by atoms with Gasteiger partial charge < -0.3 is 24.3 Å². The molecule has 300 valence electrons.